The van der Waals surface area contributed by atoms with Crippen molar-refractivity contribution < 1.29 is 4.42 Å². The molecule has 0 fully saturated rings. The van der Waals surface area contributed by atoms with E-state index in [0.717, 1.165) is 39.0 Å². The van der Waals surface area contributed by atoms with E-state index in [0.29, 0.717) is 0 Å². The number of thiophene rings is 1. The molecule has 2 aromatic heterocycles. The summed E-state index contributed by atoms with van der Waals surface area (Å²) in [5, 5.41) is 4.88. The second-order valence-corrected chi connectivity index (χ2v) is 16.7. The molecule has 0 N–H and O–H groups in total. The van der Waals surface area contributed by atoms with Gasteiger partial charge in [0.15, 0.2) is 0 Å². The van der Waals surface area contributed by atoms with Crippen LogP contribution in [0.2, 0.25) is 0 Å². The van der Waals surface area contributed by atoms with Gasteiger partial charge in [-0.25, -0.2) is 0 Å². The fourth-order valence-corrected chi connectivity index (χ4v) is 11.4. The topological polar surface area (TPSA) is 16.4 Å². The van der Waals surface area contributed by atoms with Crippen molar-refractivity contribution in [2.45, 2.75) is 5.41 Å². The van der Waals surface area contributed by atoms with E-state index in [1.54, 1.807) is 0 Å². The lowest BCUT2D eigenvalue weighted by molar-refractivity contribution is 0.669. The standard InChI is InChI=1S/C55H33NOS/c1-6-16-47-39(11-1)40-12-2-7-17-48(40)55(47)49-18-8-3-13-41(49)42-28-26-37(32-50(42)55)56(38-27-29-45-44-15-5-10-20-53(44)58-54(45)33-38)36-24-21-34(22-25-36)35-23-30-52-46(31-35)43-14-4-9-19-51(43)57-52/h1-33H. The van der Waals surface area contributed by atoms with Crippen molar-refractivity contribution in [1.82, 2.24) is 0 Å². The number of para-hydroxylation sites is 1. The molecule has 0 radical (unpaired) electrons. The first-order chi connectivity index (χ1) is 28.7. The maximum atomic E-state index is 6.16. The summed E-state index contributed by atoms with van der Waals surface area (Å²) < 4.78 is 8.75. The SMILES string of the molecule is c1ccc2c(c1)-c1ccccc1C21c2ccccc2-c2ccc(N(c3ccc(-c4ccc5oc6ccccc6c5c4)cc3)c3ccc4c(c3)sc3ccccc34)cc21. The fourth-order valence-electron chi connectivity index (χ4n) is 10.2. The smallest absolute Gasteiger partial charge is 0.135 e. The van der Waals surface area contributed by atoms with Gasteiger partial charge in [0.25, 0.3) is 0 Å². The summed E-state index contributed by atoms with van der Waals surface area (Å²) in [4.78, 5) is 2.45. The zero-order valence-corrected chi connectivity index (χ0v) is 32.1. The molecule has 0 unspecified atom stereocenters. The molecule has 9 aromatic carbocycles. The molecule has 0 amide bonds. The van der Waals surface area contributed by atoms with E-state index in [2.05, 4.69) is 193 Å². The van der Waals surface area contributed by atoms with E-state index in [1.165, 1.54) is 75.8 Å². The number of rotatable bonds is 4. The molecule has 0 atom stereocenters. The summed E-state index contributed by atoms with van der Waals surface area (Å²) in [7, 11) is 0. The minimum absolute atomic E-state index is 0.421. The molecule has 2 heterocycles. The Morgan fingerprint density at radius 2 is 0.879 bits per heavy atom. The largest absolute Gasteiger partial charge is 0.456 e. The van der Waals surface area contributed by atoms with Gasteiger partial charge in [-0.1, -0.05) is 140 Å². The van der Waals surface area contributed by atoms with Gasteiger partial charge in [-0.05, 0) is 116 Å². The van der Waals surface area contributed by atoms with Crippen LogP contribution in [-0.2, 0) is 5.41 Å². The van der Waals surface area contributed by atoms with Crippen LogP contribution in [-0.4, -0.2) is 0 Å². The number of nitrogens with zero attached hydrogens (tertiary/aromatic N) is 1. The van der Waals surface area contributed by atoms with Crippen molar-refractivity contribution in [3.8, 4) is 33.4 Å². The third kappa shape index (κ3) is 4.31. The second-order valence-electron chi connectivity index (χ2n) is 15.6. The number of furan rings is 1. The Hall–Kier alpha value is -7.20. The number of benzene rings is 9. The first kappa shape index (κ1) is 31.9. The average Bonchev–Trinajstić information content (AvgIpc) is 4.01. The van der Waals surface area contributed by atoms with Crippen molar-refractivity contribution in [1.29, 1.82) is 0 Å². The Balaban J connectivity index is 1.02. The van der Waals surface area contributed by atoms with Gasteiger partial charge < -0.3 is 9.32 Å². The monoisotopic (exact) mass is 755 g/mol. The third-order valence-electron chi connectivity index (χ3n) is 12.7. The fraction of sp³-hybridized carbons (Fsp3) is 0.0182. The second kappa shape index (κ2) is 11.9. The van der Waals surface area contributed by atoms with E-state index in [1.807, 2.05) is 23.5 Å². The molecular weight excluding hydrogens is 723 g/mol. The molecule has 1 spiro atoms. The predicted molar refractivity (Wildman–Crippen MR) is 243 cm³/mol. The Kier molecular flexibility index (Phi) is 6.56. The van der Waals surface area contributed by atoms with Crippen molar-refractivity contribution in [3.05, 3.63) is 222 Å². The van der Waals surface area contributed by atoms with E-state index < -0.39 is 5.41 Å². The lowest BCUT2D eigenvalue weighted by atomic mass is 9.70. The highest BCUT2D eigenvalue weighted by Gasteiger charge is 2.51. The molecule has 58 heavy (non-hydrogen) atoms. The summed E-state index contributed by atoms with van der Waals surface area (Å²) in [5.74, 6) is 0. The van der Waals surface area contributed by atoms with Crippen LogP contribution in [0.3, 0.4) is 0 Å². The van der Waals surface area contributed by atoms with Crippen molar-refractivity contribution in [3.63, 3.8) is 0 Å². The first-order valence-electron chi connectivity index (χ1n) is 19.9. The van der Waals surface area contributed by atoms with Crippen LogP contribution in [0.15, 0.2) is 205 Å². The van der Waals surface area contributed by atoms with Crippen molar-refractivity contribution >= 4 is 70.5 Å². The van der Waals surface area contributed by atoms with Crippen molar-refractivity contribution in [2.75, 3.05) is 4.90 Å². The van der Waals surface area contributed by atoms with Gasteiger partial charge in [-0.3, -0.25) is 0 Å². The van der Waals surface area contributed by atoms with Crippen LogP contribution in [0.1, 0.15) is 22.3 Å². The maximum Gasteiger partial charge on any atom is 0.135 e. The summed E-state index contributed by atoms with van der Waals surface area (Å²) in [6.07, 6.45) is 0. The quantitative estimate of drug-likeness (QED) is 0.178. The average molecular weight is 756 g/mol. The zero-order valence-electron chi connectivity index (χ0n) is 31.3. The third-order valence-corrected chi connectivity index (χ3v) is 13.8. The van der Waals surface area contributed by atoms with E-state index in [-0.39, 0.29) is 0 Å². The zero-order chi connectivity index (χ0) is 38.0. The normalized spacial score (nSPS) is 13.3. The molecule has 270 valence electrons. The highest BCUT2D eigenvalue weighted by molar-refractivity contribution is 7.25. The van der Waals surface area contributed by atoms with E-state index in [9.17, 15) is 0 Å². The van der Waals surface area contributed by atoms with E-state index in [4.69, 9.17) is 4.42 Å². The maximum absolute atomic E-state index is 6.16. The molecule has 0 bridgehead atoms. The molecule has 0 aliphatic heterocycles. The van der Waals surface area contributed by atoms with Gasteiger partial charge in [0, 0.05) is 48.0 Å². The first-order valence-corrected chi connectivity index (χ1v) is 20.7. The number of hydrogen-bond acceptors (Lipinski definition) is 3. The minimum atomic E-state index is -0.421. The lowest BCUT2D eigenvalue weighted by Crippen LogP contribution is -2.26. The van der Waals surface area contributed by atoms with E-state index >= 15 is 0 Å². The molecular formula is C55H33NOS. The van der Waals surface area contributed by atoms with Crippen LogP contribution < -0.4 is 4.90 Å². The van der Waals surface area contributed by atoms with Gasteiger partial charge in [-0.2, -0.15) is 0 Å². The molecule has 11 aromatic rings. The highest BCUT2D eigenvalue weighted by atomic mass is 32.1. The molecule has 2 nitrogen and oxygen atoms in total. The Bertz CT molecular complexity index is 3410. The number of fused-ring (bicyclic) bond motifs is 16. The van der Waals surface area contributed by atoms with Crippen LogP contribution in [0.5, 0.6) is 0 Å². The number of hydrogen-bond donors (Lipinski definition) is 0. The summed E-state index contributed by atoms with van der Waals surface area (Å²) in [6, 6.07) is 73.9. The van der Waals surface area contributed by atoms with Crippen LogP contribution >= 0.6 is 11.3 Å². The van der Waals surface area contributed by atoms with Crippen LogP contribution in [0.4, 0.5) is 17.1 Å². The summed E-state index contributed by atoms with van der Waals surface area (Å²) >= 11 is 1.86. The molecule has 3 heteroatoms. The molecule has 0 saturated carbocycles. The van der Waals surface area contributed by atoms with Crippen molar-refractivity contribution in [2.24, 2.45) is 0 Å². The van der Waals surface area contributed by atoms with Gasteiger partial charge >= 0.3 is 0 Å². The van der Waals surface area contributed by atoms with Crippen LogP contribution in [0, 0.1) is 0 Å². The molecule has 13 rings (SSSR count). The summed E-state index contributed by atoms with van der Waals surface area (Å²) in [6.45, 7) is 0. The highest BCUT2D eigenvalue weighted by Crippen LogP contribution is 2.63. The molecule has 2 aliphatic carbocycles. The Labute approximate surface area is 339 Å². The van der Waals surface area contributed by atoms with Gasteiger partial charge in [0.1, 0.15) is 11.2 Å². The predicted octanol–water partition coefficient (Wildman–Crippen LogP) is 15.4. The molecule has 2 aliphatic rings. The molecule has 0 saturated heterocycles. The summed E-state index contributed by atoms with van der Waals surface area (Å²) in [5.41, 5.74) is 17.7. The van der Waals surface area contributed by atoms with Crippen LogP contribution in [0.25, 0.3) is 75.5 Å². The Morgan fingerprint density at radius 3 is 1.62 bits per heavy atom. The van der Waals surface area contributed by atoms with Gasteiger partial charge in [-0.15, -0.1) is 11.3 Å². The Morgan fingerprint density at radius 1 is 0.345 bits per heavy atom. The van der Waals surface area contributed by atoms with Gasteiger partial charge in [0.05, 0.1) is 5.41 Å². The lowest BCUT2D eigenvalue weighted by Gasteiger charge is -2.32. The van der Waals surface area contributed by atoms with Gasteiger partial charge in [0.2, 0.25) is 0 Å². The number of anilines is 3. The minimum Gasteiger partial charge on any atom is -0.456 e.